The number of likely N-dealkylation sites (N-methyl/N-ethyl adjacent to an activating group) is 1. The fourth-order valence-electron chi connectivity index (χ4n) is 2.09. The van der Waals surface area contributed by atoms with Crippen LogP contribution in [0.25, 0.3) is 0 Å². The van der Waals surface area contributed by atoms with Gasteiger partial charge in [-0.3, -0.25) is 9.67 Å². The Morgan fingerprint density at radius 2 is 2.28 bits per heavy atom. The van der Waals surface area contributed by atoms with Crippen LogP contribution >= 0.6 is 0 Å². The van der Waals surface area contributed by atoms with Crippen LogP contribution < -0.4 is 5.32 Å². The Kier molecular flexibility index (Phi) is 4.10. The van der Waals surface area contributed by atoms with E-state index in [1.54, 1.807) is 0 Å². The zero-order valence-electron chi connectivity index (χ0n) is 11.2. The van der Waals surface area contributed by atoms with Gasteiger partial charge in [-0.15, -0.1) is 0 Å². The topological polar surface area (TPSA) is 42.7 Å². The van der Waals surface area contributed by atoms with Crippen molar-refractivity contribution in [2.45, 2.75) is 26.3 Å². The summed E-state index contributed by atoms with van der Waals surface area (Å²) in [6.07, 6.45) is 6.76. The van der Waals surface area contributed by atoms with Gasteiger partial charge in [0.2, 0.25) is 0 Å². The van der Waals surface area contributed by atoms with Gasteiger partial charge in [-0.25, -0.2) is 0 Å². The van der Waals surface area contributed by atoms with Gasteiger partial charge < -0.3 is 5.32 Å². The first-order valence-electron chi connectivity index (χ1n) is 6.32. The van der Waals surface area contributed by atoms with E-state index in [1.165, 1.54) is 11.1 Å². The van der Waals surface area contributed by atoms with Crippen LogP contribution in [0.3, 0.4) is 0 Å². The minimum absolute atomic E-state index is 0.249. The number of hydrogen-bond acceptors (Lipinski definition) is 3. The Bertz CT molecular complexity index is 504. The molecule has 96 valence electrons. The summed E-state index contributed by atoms with van der Waals surface area (Å²) in [5, 5.41) is 7.69. The highest BCUT2D eigenvalue weighted by Gasteiger charge is 2.13. The van der Waals surface area contributed by atoms with Gasteiger partial charge in [0.1, 0.15) is 0 Å². The predicted octanol–water partition coefficient (Wildman–Crippen LogP) is 2.02. The van der Waals surface area contributed by atoms with Gasteiger partial charge in [0, 0.05) is 19.4 Å². The second-order valence-corrected chi connectivity index (χ2v) is 4.59. The van der Waals surface area contributed by atoms with Crippen molar-refractivity contribution in [2.75, 3.05) is 6.54 Å². The summed E-state index contributed by atoms with van der Waals surface area (Å²) >= 11 is 0. The Labute approximate surface area is 108 Å². The average molecular weight is 244 g/mol. The first-order chi connectivity index (χ1) is 8.69. The third-order valence-electron chi connectivity index (χ3n) is 2.94. The second-order valence-electron chi connectivity index (χ2n) is 4.59. The van der Waals surface area contributed by atoms with Gasteiger partial charge in [-0.1, -0.05) is 6.92 Å². The second kappa shape index (κ2) is 5.78. The van der Waals surface area contributed by atoms with Gasteiger partial charge >= 0.3 is 0 Å². The van der Waals surface area contributed by atoms with Gasteiger partial charge in [0.15, 0.2) is 0 Å². The molecule has 0 radical (unpaired) electrons. The van der Waals surface area contributed by atoms with Crippen LogP contribution in [0.2, 0.25) is 0 Å². The zero-order valence-corrected chi connectivity index (χ0v) is 11.2. The van der Waals surface area contributed by atoms with E-state index in [2.05, 4.69) is 41.5 Å². The first-order valence-corrected chi connectivity index (χ1v) is 6.32. The molecule has 0 aliphatic carbocycles. The number of aromatic nitrogens is 3. The van der Waals surface area contributed by atoms with E-state index in [0.29, 0.717) is 0 Å². The lowest BCUT2D eigenvalue weighted by Gasteiger charge is -2.16. The minimum atomic E-state index is 0.249. The van der Waals surface area contributed by atoms with Crippen molar-refractivity contribution in [3.63, 3.8) is 0 Å². The largest absolute Gasteiger partial charge is 0.309 e. The maximum absolute atomic E-state index is 4.47. The Morgan fingerprint density at radius 3 is 2.89 bits per heavy atom. The predicted molar refractivity (Wildman–Crippen MR) is 72.3 cm³/mol. The number of pyridine rings is 1. The Balaban J connectivity index is 2.17. The molecule has 0 amide bonds. The van der Waals surface area contributed by atoms with E-state index in [9.17, 15) is 0 Å². The Hall–Kier alpha value is -1.68. The number of nitrogens with zero attached hydrogens (tertiary/aromatic N) is 3. The fourth-order valence-corrected chi connectivity index (χ4v) is 2.09. The maximum atomic E-state index is 4.47. The number of rotatable bonds is 5. The quantitative estimate of drug-likeness (QED) is 0.875. The Morgan fingerprint density at radius 1 is 1.44 bits per heavy atom. The van der Waals surface area contributed by atoms with E-state index in [1.807, 2.05) is 30.2 Å². The number of hydrogen-bond donors (Lipinski definition) is 1. The van der Waals surface area contributed by atoms with E-state index in [0.717, 1.165) is 18.7 Å². The van der Waals surface area contributed by atoms with Crippen molar-refractivity contribution >= 4 is 0 Å². The molecule has 0 saturated heterocycles. The summed E-state index contributed by atoms with van der Waals surface area (Å²) in [5.41, 5.74) is 3.57. The summed E-state index contributed by atoms with van der Waals surface area (Å²) in [4.78, 5) is 4.47. The van der Waals surface area contributed by atoms with Crippen LogP contribution in [0.15, 0.2) is 30.7 Å². The summed E-state index contributed by atoms with van der Waals surface area (Å²) in [6, 6.07) is 4.42. The van der Waals surface area contributed by atoms with Gasteiger partial charge in [0.05, 0.1) is 17.9 Å². The molecule has 0 aliphatic heterocycles. The number of nitrogens with one attached hydrogen (secondary N) is 1. The number of aryl methyl sites for hydroxylation is 2. The third kappa shape index (κ3) is 3.17. The molecule has 18 heavy (non-hydrogen) atoms. The van der Waals surface area contributed by atoms with Crippen molar-refractivity contribution in [1.82, 2.24) is 20.1 Å². The first kappa shape index (κ1) is 12.8. The molecule has 0 aliphatic rings. The van der Waals surface area contributed by atoms with Crippen LogP contribution in [0, 0.1) is 6.92 Å². The lowest BCUT2D eigenvalue weighted by molar-refractivity contribution is 0.536. The van der Waals surface area contributed by atoms with E-state index in [4.69, 9.17) is 0 Å². The lowest BCUT2D eigenvalue weighted by atomic mass is 10.0. The van der Waals surface area contributed by atoms with Crippen LogP contribution in [0.4, 0.5) is 0 Å². The highest BCUT2D eigenvalue weighted by molar-refractivity contribution is 5.19. The summed E-state index contributed by atoms with van der Waals surface area (Å²) in [5.74, 6) is 0. The van der Waals surface area contributed by atoms with Crippen molar-refractivity contribution in [2.24, 2.45) is 7.05 Å². The highest BCUT2D eigenvalue weighted by Crippen LogP contribution is 2.17. The van der Waals surface area contributed by atoms with Crippen LogP contribution in [0.1, 0.15) is 29.8 Å². The zero-order chi connectivity index (χ0) is 13.0. The van der Waals surface area contributed by atoms with Crippen molar-refractivity contribution < 1.29 is 0 Å². The molecule has 0 bridgehead atoms. The average Bonchev–Trinajstić information content (AvgIpc) is 2.74. The molecule has 2 aromatic rings. The minimum Gasteiger partial charge on any atom is -0.309 e. The molecule has 0 saturated carbocycles. The normalized spacial score (nSPS) is 12.6. The molecule has 2 aromatic heterocycles. The monoisotopic (exact) mass is 244 g/mol. The smallest absolute Gasteiger partial charge is 0.0579 e. The van der Waals surface area contributed by atoms with Gasteiger partial charge in [-0.05, 0) is 43.1 Å². The van der Waals surface area contributed by atoms with Crippen molar-refractivity contribution in [1.29, 1.82) is 0 Å². The van der Waals surface area contributed by atoms with Crippen molar-refractivity contribution in [3.05, 3.63) is 47.5 Å². The standard InChI is InChI=1S/C14H20N4/c1-4-15-14(8-12-9-17-18(3)10-12)13-7-11(2)5-6-16-13/h5-7,9-10,14-15H,4,8H2,1-3H3. The third-order valence-corrected chi connectivity index (χ3v) is 2.94. The maximum Gasteiger partial charge on any atom is 0.0579 e. The molecule has 2 rings (SSSR count). The molecule has 0 spiro atoms. The molecule has 4 heteroatoms. The molecule has 0 fully saturated rings. The van der Waals surface area contributed by atoms with Crippen LogP contribution in [0.5, 0.6) is 0 Å². The molecule has 1 atom stereocenters. The molecule has 1 unspecified atom stereocenters. The van der Waals surface area contributed by atoms with Gasteiger partial charge in [-0.2, -0.15) is 5.10 Å². The SMILES string of the molecule is CCNC(Cc1cnn(C)c1)c1cc(C)ccn1. The molecule has 1 N–H and O–H groups in total. The molecule has 0 aromatic carbocycles. The molecular formula is C14H20N4. The van der Waals surface area contributed by atoms with E-state index >= 15 is 0 Å². The molecule has 4 nitrogen and oxygen atoms in total. The summed E-state index contributed by atoms with van der Waals surface area (Å²) < 4.78 is 1.84. The fraction of sp³-hybridized carbons (Fsp3) is 0.429. The summed E-state index contributed by atoms with van der Waals surface area (Å²) in [7, 11) is 1.94. The van der Waals surface area contributed by atoms with Crippen LogP contribution in [-0.4, -0.2) is 21.3 Å². The van der Waals surface area contributed by atoms with E-state index < -0.39 is 0 Å². The highest BCUT2D eigenvalue weighted by atomic mass is 15.2. The summed E-state index contributed by atoms with van der Waals surface area (Å²) in [6.45, 7) is 5.14. The molecular weight excluding hydrogens is 224 g/mol. The lowest BCUT2D eigenvalue weighted by Crippen LogP contribution is -2.23. The van der Waals surface area contributed by atoms with E-state index in [-0.39, 0.29) is 6.04 Å². The van der Waals surface area contributed by atoms with Crippen LogP contribution in [-0.2, 0) is 13.5 Å². The van der Waals surface area contributed by atoms with Crippen molar-refractivity contribution in [3.8, 4) is 0 Å². The van der Waals surface area contributed by atoms with Gasteiger partial charge in [0.25, 0.3) is 0 Å². The molecule has 2 heterocycles.